The van der Waals surface area contributed by atoms with E-state index in [9.17, 15) is 22.8 Å². The highest BCUT2D eigenvalue weighted by atomic mass is 35.5. The number of alkyl halides is 4. The molecule has 0 aliphatic carbocycles. The van der Waals surface area contributed by atoms with E-state index in [1.54, 1.807) is 20.8 Å². The van der Waals surface area contributed by atoms with E-state index >= 15 is 0 Å². The number of halogens is 4. The smallest absolute Gasteiger partial charge is 0.410 e. The molecule has 1 aliphatic heterocycles. The largest absolute Gasteiger partial charge is 0.449 e. The summed E-state index contributed by atoms with van der Waals surface area (Å²) in [6.07, 6.45) is -5.77. The molecule has 1 saturated heterocycles. The van der Waals surface area contributed by atoms with Gasteiger partial charge in [0, 0.05) is 6.54 Å². The van der Waals surface area contributed by atoms with Gasteiger partial charge in [0.25, 0.3) is 0 Å². The SMILES string of the molecule is CC(C)(C)OC(=O)N1CC(CC(=O)OCCl)CCC1C(F)(F)F. The van der Waals surface area contributed by atoms with E-state index < -0.39 is 35.8 Å². The minimum Gasteiger partial charge on any atom is -0.449 e. The van der Waals surface area contributed by atoms with Gasteiger partial charge >= 0.3 is 18.2 Å². The van der Waals surface area contributed by atoms with Gasteiger partial charge in [-0.15, -0.1) is 0 Å². The summed E-state index contributed by atoms with van der Waals surface area (Å²) in [5.74, 6) is -1.02. The van der Waals surface area contributed by atoms with E-state index in [1.165, 1.54) is 0 Å². The molecule has 1 heterocycles. The summed E-state index contributed by atoms with van der Waals surface area (Å²) in [6.45, 7) is 4.52. The Hall–Kier alpha value is -1.18. The van der Waals surface area contributed by atoms with Crippen LogP contribution in [0.5, 0.6) is 0 Å². The fraction of sp³-hybridized carbons (Fsp3) is 0.857. The van der Waals surface area contributed by atoms with Gasteiger partial charge in [-0.3, -0.25) is 9.69 Å². The first-order chi connectivity index (χ1) is 10.4. The summed E-state index contributed by atoms with van der Waals surface area (Å²) in [7, 11) is 0. The number of carbonyl (C=O) groups excluding carboxylic acids is 2. The first-order valence-electron chi connectivity index (χ1n) is 7.22. The lowest BCUT2D eigenvalue weighted by Gasteiger charge is -2.40. The van der Waals surface area contributed by atoms with Gasteiger partial charge in [0.2, 0.25) is 0 Å². The van der Waals surface area contributed by atoms with E-state index in [-0.39, 0.29) is 31.9 Å². The van der Waals surface area contributed by atoms with Crippen molar-refractivity contribution in [3.8, 4) is 0 Å². The van der Waals surface area contributed by atoms with Crippen molar-refractivity contribution in [2.45, 2.75) is 57.9 Å². The van der Waals surface area contributed by atoms with Crippen molar-refractivity contribution in [2.24, 2.45) is 5.92 Å². The maximum Gasteiger partial charge on any atom is 0.410 e. The second kappa shape index (κ2) is 7.59. The molecule has 1 amide bonds. The third-order valence-electron chi connectivity index (χ3n) is 3.36. The highest BCUT2D eigenvalue weighted by Crippen LogP contribution is 2.35. The van der Waals surface area contributed by atoms with Crippen molar-refractivity contribution in [3.05, 3.63) is 0 Å². The Morgan fingerprint density at radius 2 is 1.83 bits per heavy atom. The maximum absolute atomic E-state index is 13.1. The zero-order valence-corrected chi connectivity index (χ0v) is 14.0. The Morgan fingerprint density at radius 3 is 2.30 bits per heavy atom. The van der Waals surface area contributed by atoms with Crippen LogP contribution in [-0.4, -0.2) is 47.4 Å². The first kappa shape index (κ1) is 19.9. The molecular weight excluding hydrogens is 339 g/mol. The van der Waals surface area contributed by atoms with Crippen LogP contribution in [0.15, 0.2) is 0 Å². The number of carbonyl (C=O) groups is 2. The molecule has 0 aromatic carbocycles. The van der Waals surface area contributed by atoms with Crippen molar-refractivity contribution in [1.82, 2.24) is 4.90 Å². The second-order valence-electron chi connectivity index (χ2n) is 6.46. The fourth-order valence-electron chi connectivity index (χ4n) is 2.43. The molecule has 1 aliphatic rings. The summed E-state index contributed by atoms with van der Waals surface area (Å²) in [4.78, 5) is 24.2. The zero-order chi connectivity index (χ0) is 17.8. The normalized spacial score (nSPS) is 22.7. The van der Waals surface area contributed by atoms with Gasteiger partial charge in [-0.2, -0.15) is 13.2 Å². The number of rotatable bonds is 3. The van der Waals surface area contributed by atoms with Gasteiger partial charge in [-0.25, -0.2) is 4.79 Å². The summed E-state index contributed by atoms with van der Waals surface area (Å²) < 4.78 is 49.0. The van der Waals surface area contributed by atoms with Crippen LogP contribution < -0.4 is 0 Å². The average Bonchev–Trinajstić information content (AvgIpc) is 2.35. The molecule has 9 heteroatoms. The van der Waals surface area contributed by atoms with Crippen LogP contribution in [0.2, 0.25) is 0 Å². The highest BCUT2D eigenvalue weighted by Gasteiger charge is 2.49. The molecule has 5 nitrogen and oxygen atoms in total. The Labute approximate surface area is 138 Å². The Morgan fingerprint density at radius 1 is 1.22 bits per heavy atom. The number of nitrogens with zero attached hydrogens (tertiary/aromatic N) is 1. The van der Waals surface area contributed by atoms with Crippen LogP contribution in [0.1, 0.15) is 40.0 Å². The van der Waals surface area contributed by atoms with Crippen LogP contribution in [0.25, 0.3) is 0 Å². The Balaban J connectivity index is 2.83. The van der Waals surface area contributed by atoms with Crippen LogP contribution in [0.4, 0.5) is 18.0 Å². The monoisotopic (exact) mass is 359 g/mol. The van der Waals surface area contributed by atoms with Crippen LogP contribution in [0.3, 0.4) is 0 Å². The summed E-state index contributed by atoms with van der Waals surface area (Å²) in [5, 5.41) is 0. The molecule has 1 fully saturated rings. The average molecular weight is 360 g/mol. The highest BCUT2D eigenvalue weighted by molar-refractivity contribution is 6.17. The van der Waals surface area contributed by atoms with Crippen molar-refractivity contribution in [3.63, 3.8) is 0 Å². The third-order valence-corrected chi connectivity index (χ3v) is 3.47. The van der Waals surface area contributed by atoms with Crippen LogP contribution in [0, 0.1) is 5.92 Å². The lowest BCUT2D eigenvalue weighted by molar-refractivity contribution is -0.191. The van der Waals surface area contributed by atoms with E-state index in [0.29, 0.717) is 4.90 Å². The topological polar surface area (TPSA) is 55.8 Å². The predicted molar refractivity (Wildman–Crippen MR) is 76.9 cm³/mol. The Bertz CT molecular complexity index is 437. The van der Waals surface area contributed by atoms with Crippen molar-refractivity contribution in [2.75, 3.05) is 12.6 Å². The minimum atomic E-state index is -4.54. The standard InChI is InChI=1S/C14H21ClF3NO4/c1-13(2,3)23-12(21)19-7-9(6-11(20)22-8-15)4-5-10(19)14(16,17)18/h9-10H,4-8H2,1-3H3. The van der Waals surface area contributed by atoms with E-state index in [1.807, 2.05) is 0 Å². The zero-order valence-electron chi connectivity index (χ0n) is 13.3. The number of likely N-dealkylation sites (tertiary alicyclic amines) is 1. The molecule has 0 aromatic heterocycles. The quantitative estimate of drug-likeness (QED) is 0.569. The third kappa shape index (κ3) is 6.45. The summed E-state index contributed by atoms with van der Waals surface area (Å²) in [5.41, 5.74) is -0.905. The molecule has 0 radical (unpaired) electrons. The predicted octanol–water partition coefficient (Wildman–Crippen LogP) is 3.69. The number of piperidine rings is 1. The van der Waals surface area contributed by atoms with Crippen LogP contribution in [-0.2, 0) is 14.3 Å². The molecule has 0 saturated carbocycles. The minimum absolute atomic E-state index is 0.0867. The van der Waals surface area contributed by atoms with Gasteiger partial charge in [-0.05, 0) is 39.5 Å². The van der Waals surface area contributed by atoms with Gasteiger partial charge < -0.3 is 9.47 Å². The van der Waals surface area contributed by atoms with Gasteiger partial charge in [0.1, 0.15) is 11.6 Å². The lowest BCUT2D eigenvalue weighted by Crippen LogP contribution is -2.54. The molecule has 23 heavy (non-hydrogen) atoms. The maximum atomic E-state index is 13.1. The van der Waals surface area contributed by atoms with Crippen LogP contribution >= 0.6 is 11.6 Å². The molecule has 0 aromatic rings. The van der Waals surface area contributed by atoms with Gasteiger partial charge in [-0.1, -0.05) is 11.6 Å². The molecule has 0 spiro atoms. The molecule has 1 rings (SSSR count). The van der Waals surface area contributed by atoms with Crippen molar-refractivity contribution in [1.29, 1.82) is 0 Å². The summed E-state index contributed by atoms with van der Waals surface area (Å²) >= 11 is 5.27. The fourth-order valence-corrected chi connectivity index (χ4v) is 2.55. The molecule has 2 unspecified atom stereocenters. The Kier molecular flexibility index (Phi) is 6.56. The summed E-state index contributed by atoms with van der Waals surface area (Å²) in [6, 6.07) is -2.22. The second-order valence-corrected chi connectivity index (χ2v) is 6.68. The number of hydrogen-bond donors (Lipinski definition) is 0. The first-order valence-corrected chi connectivity index (χ1v) is 7.75. The molecule has 0 N–H and O–H groups in total. The molecule has 2 atom stereocenters. The molecule has 0 bridgehead atoms. The van der Waals surface area contributed by atoms with E-state index in [0.717, 1.165) is 0 Å². The number of ether oxygens (including phenoxy) is 2. The van der Waals surface area contributed by atoms with E-state index in [2.05, 4.69) is 4.74 Å². The van der Waals surface area contributed by atoms with Crippen molar-refractivity contribution >= 4 is 23.7 Å². The van der Waals surface area contributed by atoms with Gasteiger partial charge in [0.05, 0.1) is 6.42 Å². The van der Waals surface area contributed by atoms with Crippen molar-refractivity contribution < 1.29 is 32.2 Å². The lowest BCUT2D eigenvalue weighted by atomic mass is 9.90. The number of esters is 1. The van der Waals surface area contributed by atoms with Gasteiger partial charge in [0.15, 0.2) is 6.07 Å². The number of hydrogen-bond acceptors (Lipinski definition) is 4. The molecular formula is C14H21ClF3NO4. The van der Waals surface area contributed by atoms with E-state index in [4.69, 9.17) is 16.3 Å². The molecule has 134 valence electrons. The number of amides is 1.